The fourth-order valence-corrected chi connectivity index (χ4v) is 2.71. The Morgan fingerprint density at radius 1 is 1.00 bits per heavy atom. The molecule has 0 heterocycles. The van der Waals surface area contributed by atoms with Crippen LogP contribution in [-0.4, -0.2) is 6.54 Å². The van der Waals surface area contributed by atoms with Crippen molar-refractivity contribution in [3.8, 4) is 0 Å². The van der Waals surface area contributed by atoms with Crippen molar-refractivity contribution in [1.82, 2.24) is 5.32 Å². The maximum atomic E-state index is 3.62. The van der Waals surface area contributed by atoms with Crippen molar-refractivity contribution >= 4 is 0 Å². The first-order valence-electron chi connectivity index (χ1n) is 7.55. The summed E-state index contributed by atoms with van der Waals surface area (Å²) in [4.78, 5) is 0. The second-order valence-corrected chi connectivity index (χ2v) is 5.49. The Labute approximate surface area is 123 Å². The van der Waals surface area contributed by atoms with E-state index in [9.17, 15) is 0 Å². The van der Waals surface area contributed by atoms with Crippen LogP contribution in [0.5, 0.6) is 0 Å². The Morgan fingerprint density at radius 2 is 1.80 bits per heavy atom. The Kier molecular flexibility index (Phi) is 5.37. The molecule has 0 aliphatic heterocycles. The van der Waals surface area contributed by atoms with E-state index in [0.29, 0.717) is 6.04 Å². The van der Waals surface area contributed by atoms with Gasteiger partial charge >= 0.3 is 0 Å². The van der Waals surface area contributed by atoms with Gasteiger partial charge in [-0.2, -0.15) is 0 Å². The van der Waals surface area contributed by atoms with E-state index in [1.807, 2.05) is 0 Å². The van der Waals surface area contributed by atoms with Crippen LogP contribution < -0.4 is 5.32 Å². The summed E-state index contributed by atoms with van der Waals surface area (Å²) in [6.07, 6.45) is 2.26. The van der Waals surface area contributed by atoms with E-state index < -0.39 is 0 Å². The number of rotatable bonds is 6. The normalized spacial score (nSPS) is 12.3. The molecule has 0 aliphatic carbocycles. The van der Waals surface area contributed by atoms with Gasteiger partial charge in [-0.1, -0.05) is 61.0 Å². The highest BCUT2D eigenvalue weighted by Gasteiger charge is 2.11. The molecule has 1 unspecified atom stereocenters. The predicted octanol–water partition coefficient (Wildman–Crippen LogP) is 4.59. The third kappa shape index (κ3) is 3.94. The van der Waals surface area contributed by atoms with E-state index in [-0.39, 0.29) is 0 Å². The Balaban J connectivity index is 2.08. The van der Waals surface area contributed by atoms with Crippen molar-refractivity contribution in [1.29, 1.82) is 0 Å². The maximum Gasteiger partial charge on any atom is 0.0323 e. The van der Waals surface area contributed by atoms with Crippen LogP contribution in [0.15, 0.2) is 48.5 Å². The fourth-order valence-electron chi connectivity index (χ4n) is 2.71. The molecule has 0 saturated carbocycles. The molecule has 2 aromatic rings. The van der Waals surface area contributed by atoms with E-state index in [1.54, 1.807) is 0 Å². The lowest BCUT2D eigenvalue weighted by atomic mass is 9.96. The molecule has 2 aromatic carbocycles. The second-order valence-electron chi connectivity index (χ2n) is 5.49. The molecule has 0 aliphatic rings. The summed E-state index contributed by atoms with van der Waals surface area (Å²) in [6, 6.07) is 18.0. The van der Waals surface area contributed by atoms with Crippen LogP contribution >= 0.6 is 0 Å². The highest BCUT2D eigenvalue weighted by Crippen LogP contribution is 2.21. The first kappa shape index (κ1) is 14.8. The van der Waals surface area contributed by atoms with Gasteiger partial charge in [-0.05, 0) is 49.9 Å². The van der Waals surface area contributed by atoms with Crippen LogP contribution in [-0.2, 0) is 6.42 Å². The zero-order valence-electron chi connectivity index (χ0n) is 12.8. The van der Waals surface area contributed by atoms with Crippen LogP contribution in [0.3, 0.4) is 0 Å². The van der Waals surface area contributed by atoms with E-state index in [2.05, 4.69) is 74.6 Å². The molecule has 0 amide bonds. The molecular weight excluding hydrogens is 242 g/mol. The molecule has 0 fully saturated rings. The van der Waals surface area contributed by atoms with Crippen molar-refractivity contribution in [3.05, 3.63) is 70.8 Å². The maximum absolute atomic E-state index is 3.62. The molecule has 20 heavy (non-hydrogen) atoms. The van der Waals surface area contributed by atoms with Crippen LogP contribution in [0, 0.1) is 13.8 Å². The fraction of sp³-hybridized carbons (Fsp3) is 0.368. The topological polar surface area (TPSA) is 12.0 Å². The summed E-state index contributed by atoms with van der Waals surface area (Å²) in [5.74, 6) is 0. The SMILES string of the molecule is CCNC(CCc1ccccc1C)c1cccc(C)c1. The van der Waals surface area contributed by atoms with Gasteiger partial charge in [0.05, 0.1) is 0 Å². The molecule has 0 bridgehead atoms. The largest absolute Gasteiger partial charge is 0.310 e. The van der Waals surface area contributed by atoms with E-state index >= 15 is 0 Å². The highest BCUT2D eigenvalue weighted by molar-refractivity contribution is 5.28. The molecule has 1 nitrogen and oxygen atoms in total. The summed E-state index contributed by atoms with van der Waals surface area (Å²) in [7, 11) is 0. The monoisotopic (exact) mass is 267 g/mol. The average molecular weight is 267 g/mol. The van der Waals surface area contributed by atoms with Gasteiger partial charge in [-0.15, -0.1) is 0 Å². The van der Waals surface area contributed by atoms with Gasteiger partial charge < -0.3 is 5.32 Å². The Bertz CT molecular complexity index is 545. The number of nitrogens with one attached hydrogen (secondary N) is 1. The summed E-state index contributed by atoms with van der Waals surface area (Å²) >= 11 is 0. The molecule has 0 spiro atoms. The average Bonchev–Trinajstić information content (AvgIpc) is 2.45. The number of benzene rings is 2. The zero-order valence-corrected chi connectivity index (χ0v) is 12.8. The molecule has 0 saturated heterocycles. The quantitative estimate of drug-likeness (QED) is 0.807. The van der Waals surface area contributed by atoms with Gasteiger partial charge in [0.1, 0.15) is 0 Å². The minimum Gasteiger partial charge on any atom is -0.310 e. The van der Waals surface area contributed by atoms with Crippen molar-refractivity contribution in [3.63, 3.8) is 0 Å². The van der Waals surface area contributed by atoms with Crippen molar-refractivity contribution < 1.29 is 0 Å². The summed E-state index contributed by atoms with van der Waals surface area (Å²) in [6.45, 7) is 7.54. The van der Waals surface area contributed by atoms with Crippen LogP contribution in [0.25, 0.3) is 0 Å². The van der Waals surface area contributed by atoms with Crippen LogP contribution in [0.4, 0.5) is 0 Å². The predicted molar refractivity (Wildman–Crippen MR) is 87.1 cm³/mol. The Hall–Kier alpha value is -1.60. The standard InChI is InChI=1S/C19H25N/c1-4-20-19(18-11-7-8-15(2)14-18)13-12-17-10-6-5-9-16(17)3/h5-11,14,19-20H,4,12-13H2,1-3H3. The molecule has 1 heteroatoms. The number of aryl methyl sites for hydroxylation is 3. The summed E-state index contributed by atoms with van der Waals surface area (Å²) in [5, 5.41) is 3.62. The number of hydrogen-bond acceptors (Lipinski definition) is 1. The van der Waals surface area contributed by atoms with Crippen molar-refractivity contribution in [2.75, 3.05) is 6.54 Å². The van der Waals surface area contributed by atoms with Gasteiger partial charge in [0.25, 0.3) is 0 Å². The lowest BCUT2D eigenvalue weighted by Crippen LogP contribution is -2.21. The van der Waals surface area contributed by atoms with Crippen molar-refractivity contribution in [2.45, 2.75) is 39.7 Å². The molecule has 1 N–H and O–H groups in total. The Morgan fingerprint density at radius 3 is 2.50 bits per heavy atom. The molecular formula is C19H25N. The zero-order chi connectivity index (χ0) is 14.4. The van der Waals surface area contributed by atoms with Gasteiger partial charge in [-0.25, -0.2) is 0 Å². The van der Waals surface area contributed by atoms with E-state index in [4.69, 9.17) is 0 Å². The van der Waals surface area contributed by atoms with Gasteiger partial charge in [-0.3, -0.25) is 0 Å². The third-order valence-electron chi connectivity index (χ3n) is 3.86. The smallest absolute Gasteiger partial charge is 0.0323 e. The highest BCUT2D eigenvalue weighted by atomic mass is 14.9. The molecule has 0 radical (unpaired) electrons. The van der Waals surface area contributed by atoms with Gasteiger partial charge in [0.2, 0.25) is 0 Å². The lowest BCUT2D eigenvalue weighted by molar-refractivity contribution is 0.515. The van der Waals surface area contributed by atoms with E-state index in [0.717, 1.165) is 19.4 Å². The molecule has 0 aromatic heterocycles. The first-order chi connectivity index (χ1) is 9.70. The second kappa shape index (κ2) is 7.25. The van der Waals surface area contributed by atoms with Crippen LogP contribution in [0.2, 0.25) is 0 Å². The van der Waals surface area contributed by atoms with Gasteiger partial charge in [0.15, 0.2) is 0 Å². The minimum absolute atomic E-state index is 0.444. The first-order valence-corrected chi connectivity index (χ1v) is 7.55. The minimum atomic E-state index is 0.444. The number of hydrogen-bond donors (Lipinski definition) is 1. The third-order valence-corrected chi connectivity index (χ3v) is 3.86. The molecule has 1 atom stereocenters. The van der Waals surface area contributed by atoms with E-state index in [1.165, 1.54) is 22.3 Å². The van der Waals surface area contributed by atoms with Gasteiger partial charge in [0, 0.05) is 6.04 Å². The van der Waals surface area contributed by atoms with Crippen LogP contribution in [0.1, 0.15) is 41.6 Å². The van der Waals surface area contributed by atoms with Crippen molar-refractivity contribution in [2.24, 2.45) is 0 Å². The summed E-state index contributed by atoms with van der Waals surface area (Å²) < 4.78 is 0. The lowest BCUT2D eigenvalue weighted by Gasteiger charge is -2.19. The molecule has 106 valence electrons. The summed E-state index contributed by atoms with van der Waals surface area (Å²) in [5.41, 5.74) is 5.59. The molecule has 2 rings (SSSR count).